The van der Waals surface area contributed by atoms with Crippen molar-refractivity contribution in [3.05, 3.63) is 59.6 Å². The van der Waals surface area contributed by atoms with Crippen LogP contribution in [0.15, 0.2) is 36.7 Å². The number of nitrogens with zero attached hydrogens (tertiary/aromatic N) is 6. The molecule has 3 aromatic rings. The highest BCUT2D eigenvalue weighted by molar-refractivity contribution is 5.95. The van der Waals surface area contributed by atoms with E-state index in [4.69, 9.17) is 4.74 Å². The SMILES string of the molecule is Cc1nccc(C(=O)N2[C@H]3COC[C@@H]2c2nnc(-c4ccccn4)n2C3)c1F. The summed E-state index contributed by atoms with van der Waals surface area (Å²) in [6, 6.07) is 6.34. The molecule has 8 nitrogen and oxygen atoms in total. The maximum atomic E-state index is 14.5. The number of hydrogen-bond donors (Lipinski definition) is 0. The summed E-state index contributed by atoms with van der Waals surface area (Å²) in [5, 5.41) is 8.61. The van der Waals surface area contributed by atoms with E-state index in [-0.39, 0.29) is 29.8 Å². The molecule has 1 fully saturated rings. The molecule has 2 bridgehead atoms. The summed E-state index contributed by atoms with van der Waals surface area (Å²) in [4.78, 5) is 23.1. The molecule has 0 aliphatic carbocycles. The average molecular weight is 380 g/mol. The molecule has 28 heavy (non-hydrogen) atoms. The lowest BCUT2D eigenvalue weighted by atomic mass is 10.0. The van der Waals surface area contributed by atoms with E-state index < -0.39 is 11.9 Å². The van der Waals surface area contributed by atoms with E-state index in [2.05, 4.69) is 20.2 Å². The largest absolute Gasteiger partial charge is 0.377 e. The Morgan fingerprint density at radius 2 is 2.07 bits per heavy atom. The quantitative estimate of drug-likeness (QED) is 0.674. The Morgan fingerprint density at radius 3 is 2.89 bits per heavy atom. The van der Waals surface area contributed by atoms with E-state index in [1.165, 1.54) is 12.3 Å². The number of aryl methyl sites for hydroxylation is 1. The summed E-state index contributed by atoms with van der Waals surface area (Å²) in [7, 11) is 0. The average Bonchev–Trinajstić information content (AvgIpc) is 3.13. The molecular formula is C19H17FN6O2. The number of carbonyl (C=O) groups is 1. The number of amides is 1. The van der Waals surface area contributed by atoms with Gasteiger partial charge in [-0.2, -0.15) is 0 Å². The smallest absolute Gasteiger partial charge is 0.258 e. The number of hydrogen-bond acceptors (Lipinski definition) is 6. The maximum Gasteiger partial charge on any atom is 0.258 e. The van der Waals surface area contributed by atoms with Gasteiger partial charge >= 0.3 is 0 Å². The summed E-state index contributed by atoms with van der Waals surface area (Å²) in [6.07, 6.45) is 3.15. The van der Waals surface area contributed by atoms with Crippen molar-refractivity contribution in [2.24, 2.45) is 0 Å². The first-order valence-electron chi connectivity index (χ1n) is 9.01. The summed E-state index contributed by atoms with van der Waals surface area (Å²) in [5.41, 5.74) is 0.933. The zero-order chi connectivity index (χ0) is 19.3. The number of pyridine rings is 2. The Balaban J connectivity index is 1.56. The van der Waals surface area contributed by atoms with E-state index in [1.54, 1.807) is 18.0 Å². The molecule has 1 saturated heterocycles. The van der Waals surface area contributed by atoms with Crippen LogP contribution >= 0.6 is 0 Å². The van der Waals surface area contributed by atoms with Gasteiger partial charge < -0.3 is 14.2 Å². The van der Waals surface area contributed by atoms with Crippen LogP contribution in [0.1, 0.15) is 27.9 Å². The molecule has 0 unspecified atom stereocenters. The van der Waals surface area contributed by atoms with Crippen LogP contribution in [0.25, 0.3) is 11.5 Å². The lowest BCUT2D eigenvalue weighted by Gasteiger charge is -2.45. The van der Waals surface area contributed by atoms with Crippen LogP contribution in [0.2, 0.25) is 0 Å². The first-order chi connectivity index (χ1) is 13.6. The van der Waals surface area contributed by atoms with Crippen molar-refractivity contribution >= 4 is 5.91 Å². The molecule has 142 valence electrons. The van der Waals surface area contributed by atoms with Crippen molar-refractivity contribution in [2.75, 3.05) is 13.2 Å². The van der Waals surface area contributed by atoms with Crippen molar-refractivity contribution in [3.8, 4) is 11.5 Å². The monoisotopic (exact) mass is 380 g/mol. The number of fused-ring (bicyclic) bond motifs is 4. The van der Waals surface area contributed by atoms with Gasteiger partial charge in [-0.1, -0.05) is 6.07 Å². The first kappa shape index (κ1) is 16.9. The minimum Gasteiger partial charge on any atom is -0.377 e. The molecule has 1 amide bonds. The highest BCUT2D eigenvalue weighted by Gasteiger charge is 2.44. The molecule has 0 spiro atoms. The van der Waals surface area contributed by atoms with Crippen molar-refractivity contribution < 1.29 is 13.9 Å². The fraction of sp³-hybridized carbons (Fsp3) is 0.316. The van der Waals surface area contributed by atoms with Gasteiger partial charge in [0.1, 0.15) is 11.7 Å². The van der Waals surface area contributed by atoms with Gasteiger partial charge in [0.25, 0.3) is 5.91 Å². The predicted octanol–water partition coefficient (Wildman–Crippen LogP) is 1.78. The predicted molar refractivity (Wildman–Crippen MR) is 95.7 cm³/mol. The van der Waals surface area contributed by atoms with Crippen molar-refractivity contribution in [3.63, 3.8) is 0 Å². The Bertz CT molecular complexity index is 1050. The lowest BCUT2D eigenvalue weighted by Crippen LogP contribution is -2.56. The normalized spacial score (nSPS) is 20.7. The second-order valence-electron chi connectivity index (χ2n) is 6.88. The third-order valence-corrected chi connectivity index (χ3v) is 5.21. The second kappa shape index (κ2) is 6.45. The molecule has 2 atom stereocenters. The van der Waals surface area contributed by atoms with E-state index in [0.29, 0.717) is 24.8 Å². The van der Waals surface area contributed by atoms with Gasteiger partial charge in [-0.05, 0) is 25.1 Å². The van der Waals surface area contributed by atoms with Gasteiger partial charge in [0.05, 0.1) is 30.5 Å². The number of morpholine rings is 1. The van der Waals surface area contributed by atoms with Crippen molar-refractivity contribution in [1.82, 2.24) is 29.6 Å². The van der Waals surface area contributed by atoms with Crippen molar-refractivity contribution in [2.45, 2.75) is 25.6 Å². The minimum atomic E-state index is -0.590. The van der Waals surface area contributed by atoms with Gasteiger partial charge in [0, 0.05) is 18.9 Å². The van der Waals surface area contributed by atoms with Crippen LogP contribution in [0.3, 0.4) is 0 Å². The second-order valence-corrected chi connectivity index (χ2v) is 6.88. The van der Waals surface area contributed by atoms with E-state index in [1.807, 2.05) is 22.8 Å². The highest BCUT2D eigenvalue weighted by atomic mass is 19.1. The summed E-state index contributed by atoms with van der Waals surface area (Å²) < 4.78 is 22.2. The third-order valence-electron chi connectivity index (χ3n) is 5.21. The van der Waals surface area contributed by atoms with Crippen LogP contribution in [-0.2, 0) is 11.3 Å². The number of ether oxygens (including phenoxy) is 1. The zero-order valence-corrected chi connectivity index (χ0v) is 15.1. The van der Waals surface area contributed by atoms with E-state index in [0.717, 1.165) is 5.69 Å². The summed E-state index contributed by atoms with van der Waals surface area (Å²) in [6.45, 7) is 2.66. The van der Waals surface area contributed by atoms with Crippen LogP contribution in [-0.4, -0.2) is 54.8 Å². The Kier molecular flexibility index (Phi) is 3.90. The molecule has 0 aromatic carbocycles. The number of aromatic nitrogens is 5. The Morgan fingerprint density at radius 1 is 1.18 bits per heavy atom. The molecule has 5 heterocycles. The zero-order valence-electron chi connectivity index (χ0n) is 15.1. The highest BCUT2D eigenvalue weighted by Crippen LogP contribution is 2.35. The minimum absolute atomic E-state index is 0.0160. The van der Waals surface area contributed by atoms with Crippen LogP contribution in [0.4, 0.5) is 4.39 Å². The van der Waals surface area contributed by atoms with Gasteiger partial charge in [-0.25, -0.2) is 4.39 Å². The number of rotatable bonds is 2. The molecule has 0 radical (unpaired) electrons. The van der Waals surface area contributed by atoms with E-state index >= 15 is 0 Å². The van der Waals surface area contributed by atoms with Crippen LogP contribution in [0.5, 0.6) is 0 Å². The Hall–Kier alpha value is -3.20. The Labute approximate surface area is 160 Å². The molecule has 3 aromatic heterocycles. The molecule has 2 aliphatic heterocycles. The molecule has 0 saturated carbocycles. The van der Waals surface area contributed by atoms with Gasteiger partial charge in [-0.15, -0.1) is 10.2 Å². The molecule has 0 N–H and O–H groups in total. The number of carbonyl (C=O) groups excluding carboxylic acids is 1. The summed E-state index contributed by atoms with van der Waals surface area (Å²) in [5.74, 6) is 0.310. The first-order valence-corrected chi connectivity index (χ1v) is 9.01. The van der Waals surface area contributed by atoms with Crippen molar-refractivity contribution in [1.29, 1.82) is 0 Å². The fourth-order valence-electron chi connectivity index (χ4n) is 3.87. The molecule has 9 heteroatoms. The fourth-order valence-corrected chi connectivity index (χ4v) is 3.87. The van der Waals surface area contributed by atoms with Gasteiger partial charge in [0.15, 0.2) is 17.5 Å². The van der Waals surface area contributed by atoms with Gasteiger partial charge in [0.2, 0.25) is 0 Å². The van der Waals surface area contributed by atoms with E-state index in [9.17, 15) is 9.18 Å². The van der Waals surface area contributed by atoms with Crippen LogP contribution < -0.4 is 0 Å². The number of halogens is 1. The standard InChI is InChI=1S/C19H17FN6O2/c1-11-16(20)13(5-7-21-11)19(27)26-12-8-25-17(14-4-2-3-6-22-14)23-24-18(25)15(26)10-28-9-12/h2-7,12,15H,8-10H2,1H3/t12-,15-/m1/s1. The topological polar surface area (TPSA) is 86.0 Å². The molecular weight excluding hydrogens is 363 g/mol. The lowest BCUT2D eigenvalue weighted by molar-refractivity contribution is -0.0571. The maximum absolute atomic E-state index is 14.5. The van der Waals surface area contributed by atoms with Crippen LogP contribution in [0, 0.1) is 12.7 Å². The molecule has 5 rings (SSSR count). The molecule has 2 aliphatic rings. The summed E-state index contributed by atoms with van der Waals surface area (Å²) >= 11 is 0. The third kappa shape index (κ3) is 2.50. The van der Waals surface area contributed by atoms with Gasteiger partial charge in [-0.3, -0.25) is 14.8 Å².